The van der Waals surface area contributed by atoms with Crippen LogP contribution in [0.15, 0.2) is 42.7 Å². The molecule has 0 fully saturated rings. The summed E-state index contributed by atoms with van der Waals surface area (Å²) in [5.74, 6) is 0.491. The van der Waals surface area contributed by atoms with E-state index in [1.807, 2.05) is 0 Å². The van der Waals surface area contributed by atoms with Crippen LogP contribution >= 0.6 is 0 Å². The zero-order chi connectivity index (χ0) is 17.2. The van der Waals surface area contributed by atoms with Crippen LogP contribution in [0.3, 0.4) is 0 Å². The fourth-order valence-electron chi connectivity index (χ4n) is 2.23. The summed E-state index contributed by atoms with van der Waals surface area (Å²) < 4.78 is 44.4. The molecule has 3 rings (SSSR count). The van der Waals surface area contributed by atoms with Crippen LogP contribution in [0.5, 0.6) is 5.75 Å². The molecule has 6 nitrogen and oxygen atoms in total. The van der Waals surface area contributed by atoms with Crippen LogP contribution in [-0.4, -0.2) is 32.3 Å². The summed E-state index contributed by atoms with van der Waals surface area (Å²) in [5.41, 5.74) is -0.231. The van der Waals surface area contributed by atoms with Crippen molar-refractivity contribution < 1.29 is 17.9 Å². The maximum absolute atomic E-state index is 13.1. The highest BCUT2D eigenvalue weighted by Gasteiger charge is 2.34. The highest BCUT2D eigenvalue weighted by Crippen LogP contribution is 2.35. The normalized spacial score (nSPS) is 11.5. The molecule has 0 atom stereocenters. The van der Waals surface area contributed by atoms with Gasteiger partial charge in [-0.1, -0.05) is 18.2 Å². The molecule has 0 aliphatic carbocycles. The number of nitrogens with zero attached hydrogens (tertiary/aromatic N) is 5. The van der Waals surface area contributed by atoms with Crippen LogP contribution in [0.25, 0.3) is 11.4 Å². The Morgan fingerprint density at radius 1 is 1.17 bits per heavy atom. The lowest BCUT2D eigenvalue weighted by atomic mass is 10.1. The number of alkyl halides is 3. The van der Waals surface area contributed by atoms with Gasteiger partial charge in [-0.05, 0) is 17.3 Å². The first-order chi connectivity index (χ1) is 11.5. The quantitative estimate of drug-likeness (QED) is 0.733. The number of rotatable bonds is 4. The fraction of sp³-hybridized carbons (Fsp3) is 0.200. The average molecular weight is 335 g/mol. The van der Waals surface area contributed by atoms with E-state index in [9.17, 15) is 13.2 Å². The molecular formula is C15H12F3N5O. The zero-order valence-electron chi connectivity index (χ0n) is 12.5. The lowest BCUT2D eigenvalue weighted by Gasteiger charge is -2.09. The molecule has 0 bridgehead atoms. The minimum Gasteiger partial charge on any atom is -0.496 e. The van der Waals surface area contributed by atoms with Crippen LogP contribution < -0.4 is 4.74 Å². The Labute approximate surface area is 134 Å². The van der Waals surface area contributed by atoms with Gasteiger partial charge in [-0.2, -0.15) is 18.0 Å². The molecule has 3 aromatic rings. The number of methoxy groups -OCH3 is 1. The first-order valence-corrected chi connectivity index (χ1v) is 6.90. The zero-order valence-corrected chi connectivity index (χ0v) is 12.5. The first-order valence-electron chi connectivity index (χ1n) is 6.90. The Morgan fingerprint density at radius 3 is 2.71 bits per heavy atom. The number of hydrogen-bond acceptors (Lipinski definition) is 5. The van der Waals surface area contributed by atoms with Crippen molar-refractivity contribution in [3.05, 3.63) is 53.9 Å². The summed E-state index contributed by atoms with van der Waals surface area (Å²) in [6.07, 6.45) is -1.34. The van der Waals surface area contributed by atoms with Crippen molar-refractivity contribution >= 4 is 0 Å². The number of aromatic nitrogens is 5. The SMILES string of the molecule is COc1ccncc1Cn1nnc(-c2ccccc2C(F)(F)F)n1. The summed E-state index contributed by atoms with van der Waals surface area (Å²) in [4.78, 5) is 5.18. The summed E-state index contributed by atoms with van der Waals surface area (Å²) >= 11 is 0. The molecule has 0 unspecified atom stereocenters. The van der Waals surface area contributed by atoms with Crippen molar-refractivity contribution in [2.75, 3.05) is 7.11 Å². The Bertz CT molecular complexity index is 847. The number of tetrazole rings is 1. The summed E-state index contributed by atoms with van der Waals surface area (Å²) in [6.45, 7) is 0.179. The van der Waals surface area contributed by atoms with Crippen molar-refractivity contribution in [3.8, 4) is 17.1 Å². The lowest BCUT2D eigenvalue weighted by Crippen LogP contribution is -2.08. The monoisotopic (exact) mass is 335 g/mol. The van der Waals surface area contributed by atoms with Gasteiger partial charge in [0.2, 0.25) is 5.82 Å². The molecule has 2 aromatic heterocycles. The van der Waals surface area contributed by atoms with E-state index in [0.29, 0.717) is 11.3 Å². The van der Waals surface area contributed by atoms with Crippen molar-refractivity contribution in [3.63, 3.8) is 0 Å². The van der Waals surface area contributed by atoms with Crippen LogP contribution in [-0.2, 0) is 12.7 Å². The molecule has 1 aromatic carbocycles. The molecular weight excluding hydrogens is 323 g/mol. The maximum atomic E-state index is 13.1. The summed E-state index contributed by atoms with van der Waals surface area (Å²) in [7, 11) is 1.51. The van der Waals surface area contributed by atoms with Gasteiger partial charge in [0.05, 0.1) is 19.2 Å². The third-order valence-electron chi connectivity index (χ3n) is 3.32. The molecule has 9 heteroatoms. The van der Waals surface area contributed by atoms with Crippen molar-refractivity contribution in [1.29, 1.82) is 0 Å². The van der Waals surface area contributed by atoms with Crippen LogP contribution in [0, 0.1) is 0 Å². The van der Waals surface area contributed by atoms with Gasteiger partial charge in [0.25, 0.3) is 0 Å². The molecule has 0 saturated carbocycles. The minimum absolute atomic E-state index is 0.0919. The van der Waals surface area contributed by atoms with E-state index in [1.165, 1.54) is 30.1 Å². The number of hydrogen-bond donors (Lipinski definition) is 0. The molecule has 0 spiro atoms. The van der Waals surface area contributed by atoms with Crippen LogP contribution in [0.4, 0.5) is 13.2 Å². The van der Waals surface area contributed by atoms with E-state index in [4.69, 9.17) is 4.74 Å². The van der Waals surface area contributed by atoms with E-state index in [2.05, 4.69) is 20.4 Å². The van der Waals surface area contributed by atoms with Crippen molar-refractivity contribution in [2.45, 2.75) is 12.7 Å². The molecule has 24 heavy (non-hydrogen) atoms. The molecule has 0 N–H and O–H groups in total. The predicted molar refractivity (Wildman–Crippen MR) is 78.1 cm³/mol. The van der Waals surface area contributed by atoms with Gasteiger partial charge >= 0.3 is 6.18 Å². The van der Waals surface area contributed by atoms with Crippen LogP contribution in [0.2, 0.25) is 0 Å². The third-order valence-corrected chi connectivity index (χ3v) is 3.32. The number of halogens is 3. The van der Waals surface area contributed by atoms with Gasteiger partial charge in [-0.15, -0.1) is 10.2 Å². The number of pyridine rings is 1. The standard InChI is InChI=1S/C15H12F3N5O/c1-24-13-6-7-19-8-10(13)9-23-21-14(20-22-23)11-4-2-3-5-12(11)15(16,17)18/h2-8H,9H2,1H3. The molecule has 0 aliphatic heterocycles. The smallest absolute Gasteiger partial charge is 0.417 e. The van der Waals surface area contributed by atoms with Crippen molar-refractivity contribution in [1.82, 2.24) is 25.2 Å². The van der Waals surface area contributed by atoms with E-state index in [1.54, 1.807) is 18.5 Å². The second-order valence-electron chi connectivity index (χ2n) is 4.87. The highest BCUT2D eigenvalue weighted by molar-refractivity contribution is 5.60. The largest absolute Gasteiger partial charge is 0.496 e. The second kappa shape index (κ2) is 6.26. The Kier molecular flexibility index (Phi) is 4.15. The second-order valence-corrected chi connectivity index (χ2v) is 4.87. The van der Waals surface area contributed by atoms with Gasteiger partial charge in [0.15, 0.2) is 0 Å². The molecule has 0 radical (unpaired) electrons. The molecule has 0 aliphatic rings. The number of benzene rings is 1. The van der Waals surface area contributed by atoms with Crippen LogP contribution in [0.1, 0.15) is 11.1 Å². The molecule has 2 heterocycles. The summed E-state index contributed by atoms with van der Waals surface area (Å²) in [6, 6.07) is 6.79. The molecule has 0 amide bonds. The highest BCUT2D eigenvalue weighted by atomic mass is 19.4. The lowest BCUT2D eigenvalue weighted by molar-refractivity contribution is -0.137. The summed E-state index contributed by atoms with van der Waals surface area (Å²) in [5, 5.41) is 11.6. The Hall–Kier alpha value is -2.97. The van der Waals surface area contributed by atoms with Crippen molar-refractivity contribution in [2.24, 2.45) is 0 Å². The van der Waals surface area contributed by atoms with Gasteiger partial charge in [-0.3, -0.25) is 4.98 Å². The third kappa shape index (κ3) is 3.19. The Morgan fingerprint density at radius 2 is 1.96 bits per heavy atom. The molecule has 0 saturated heterocycles. The Balaban J connectivity index is 1.92. The van der Waals surface area contributed by atoms with Gasteiger partial charge in [0.1, 0.15) is 5.75 Å². The fourth-order valence-corrected chi connectivity index (χ4v) is 2.23. The minimum atomic E-state index is -4.49. The van der Waals surface area contributed by atoms with E-state index < -0.39 is 11.7 Å². The predicted octanol–water partition coefficient (Wildman–Crippen LogP) is 2.81. The first kappa shape index (κ1) is 15.9. The molecule has 124 valence electrons. The number of ether oxygens (including phenoxy) is 1. The average Bonchev–Trinajstić information content (AvgIpc) is 3.03. The van der Waals surface area contributed by atoms with E-state index >= 15 is 0 Å². The van der Waals surface area contributed by atoms with E-state index in [-0.39, 0.29) is 17.9 Å². The van der Waals surface area contributed by atoms with Gasteiger partial charge in [-0.25, -0.2) is 0 Å². The maximum Gasteiger partial charge on any atom is 0.417 e. The topological polar surface area (TPSA) is 65.7 Å². The van der Waals surface area contributed by atoms with E-state index in [0.717, 1.165) is 6.07 Å². The van der Waals surface area contributed by atoms with Gasteiger partial charge in [0, 0.05) is 23.5 Å². The van der Waals surface area contributed by atoms with Gasteiger partial charge < -0.3 is 4.74 Å².